The Balaban J connectivity index is 1.64. The van der Waals surface area contributed by atoms with Crippen molar-refractivity contribution in [2.45, 2.75) is 10.4 Å². The highest BCUT2D eigenvalue weighted by molar-refractivity contribution is 8.00. The molecule has 0 unspecified atom stereocenters. The number of carbonyl (C=O) groups excluding carboxylic acids is 1. The van der Waals surface area contributed by atoms with E-state index >= 15 is 0 Å². The van der Waals surface area contributed by atoms with Crippen molar-refractivity contribution in [1.82, 2.24) is 14.8 Å². The van der Waals surface area contributed by atoms with Crippen molar-refractivity contribution in [3.63, 3.8) is 0 Å². The van der Waals surface area contributed by atoms with Crippen LogP contribution in [-0.2, 0) is 11.8 Å². The van der Waals surface area contributed by atoms with Crippen molar-refractivity contribution in [1.29, 1.82) is 0 Å². The van der Waals surface area contributed by atoms with Crippen LogP contribution >= 0.6 is 11.8 Å². The van der Waals surface area contributed by atoms with E-state index in [1.54, 1.807) is 20.3 Å². The van der Waals surface area contributed by atoms with Crippen molar-refractivity contribution in [2.75, 3.05) is 19.5 Å². The van der Waals surface area contributed by atoms with Crippen LogP contribution in [0, 0.1) is 0 Å². The Hall–Kier alpha value is -3.78. The zero-order valence-electron chi connectivity index (χ0n) is 18.6. The molecule has 8 heteroatoms. The summed E-state index contributed by atoms with van der Waals surface area (Å²) < 4.78 is 12.6. The summed E-state index contributed by atoms with van der Waals surface area (Å²) in [5.74, 6) is 1.88. The number of hydrogen-bond donors (Lipinski definition) is 1. The van der Waals surface area contributed by atoms with Gasteiger partial charge >= 0.3 is 0 Å². The Labute approximate surface area is 196 Å². The molecular weight excluding hydrogens is 436 g/mol. The number of anilines is 1. The van der Waals surface area contributed by atoms with E-state index in [1.807, 2.05) is 84.4 Å². The molecule has 0 bridgehead atoms. The lowest BCUT2D eigenvalue weighted by Crippen LogP contribution is -2.19. The second-order valence-corrected chi connectivity index (χ2v) is 8.27. The van der Waals surface area contributed by atoms with E-state index in [0.717, 1.165) is 11.1 Å². The average molecular weight is 461 g/mol. The number of benzene rings is 3. The summed E-state index contributed by atoms with van der Waals surface area (Å²) in [7, 11) is 5.10. The number of ether oxygens (including phenoxy) is 2. The van der Waals surface area contributed by atoms with Crippen LogP contribution in [0.1, 0.15) is 10.8 Å². The molecule has 0 saturated heterocycles. The van der Waals surface area contributed by atoms with Crippen LogP contribution in [-0.4, -0.2) is 34.9 Å². The van der Waals surface area contributed by atoms with Gasteiger partial charge in [0.1, 0.15) is 16.7 Å². The molecule has 1 aromatic heterocycles. The number of thioether (sulfide) groups is 1. The fourth-order valence-electron chi connectivity index (χ4n) is 3.40. The number of hydrogen-bond acceptors (Lipinski definition) is 6. The van der Waals surface area contributed by atoms with Crippen molar-refractivity contribution >= 4 is 23.4 Å². The van der Waals surface area contributed by atoms with Gasteiger partial charge in [-0.3, -0.25) is 4.79 Å². The maximum atomic E-state index is 13.4. The molecule has 7 nitrogen and oxygen atoms in total. The molecule has 3 aromatic carbocycles. The molecule has 0 fully saturated rings. The van der Waals surface area contributed by atoms with Gasteiger partial charge in [0.2, 0.25) is 5.91 Å². The summed E-state index contributed by atoms with van der Waals surface area (Å²) in [4.78, 5) is 13.4. The predicted octanol–water partition coefficient (Wildman–Crippen LogP) is 4.97. The molecule has 4 rings (SSSR count). The van der Waals surface area contributed by atoms with Crippen molar-refractivity contribution in [2.24, 2.45) is 7.05 Å². The fraction of sp³-hybridized carbons (Fsp3) is 0.160. The van der Waals surface area contributed by atoms with Gasteiger partial charge in [0.15, 0.2) is 11.0 Å². The molecule has 1 heterocycles. The highest BCUT2D eigenvalue weighted by atomic mass is 32.2. The van der Waals surface area contributed by atoms with Crippen LogP contribution in [0.3, 0.4) is 0 Å². The van der Waals surface area contributed by atoms with Gasteiger partial charge in [-0.25, -0.2) is 0 Å². The molecule has 4 aromatic rings. The first-order valence-corrected chi connectivity index (χ1v) is 11.2. The Bertz CT molecular complexity index is 1240. The molecule has 0 saturated carbocycles. The quantitative estimate of drug-likeness (QED) is 0.374. The predicted molar refractivity (Wildman–Crippen MR) is 130 cm³/mol. The van der Waals surface area contributed by atoms with Gasteiger partial charge in [0.25, 0.3) is 0 Å². The van der Waals surface area contributed by atoms with E-state index in [-0.39, 0.29) is 5.91 Å². The van der Waals surface area contributed by atoms with Crippen LogP contribution in [0.15, 0.2) is 84.0 Å². The van der Waals surface area contributed by atoms with E-state index in [9.17, 15) is 4.79 Å². The fourth-order valence-corrected chi connectivity index (χ4v) is 4.40. The Morgan fingerprint density at radius 2 is 1.70 bits per heavy atom. The number of carbonyl (C=O) groups is 1. The van der Waals surface area contributed by atoms with Gasteiger partial charge in [-0.1, -0.05) is 60.3 Å². The van der Waals surface area contributed by atoms with Gasteiger partial charge in [-0.2, -0.15) is 0 Å². The number of aromatic nitrogens is 3. The molecular formula is C25H24N4O3S. The number of nitrogens with zero attached hydrogens (tertiary/aromatic N) is 3. The van der Waals surface area contributed by atoms with E-state index in [2.05, 4.69) is 15.5 Å². The van der Waals surface area contributed by atoms with Crippen LogP contribution in [0.25, 0.3) is 11.4 Å². The van der Waals surface area contributed by atoms with E-state index in [1.165, 1.54) is 11.8 Å². The molecule has 0 aliphatic heterocycles. The number of para-hydroxylation sites is 1. The summed E-state index contributed by atoms with van der Waals surface area (Å²) >= 11 is 1.34. The SMILES string of the molecule is COc1cccc(NC(=O)[C@@H](Sc2nnc(-c3ccccc3OC)n2C)c2ccccc2)c1. The van der Waals surface area contributed by atoms with Gasteiger partial charge in [-0.05, 0) is 29.8 Å². The molecule has 33 heavy (non-hydrogen) atoms. The number of nitrogens with one attached hydrogen (secondary N) is 1. The Morgan fingerprint density at radius 3 is 2.45 bits per heavy atom. The third kappa shape index (κ3) is 5.01. The van der Waals surface area contributed by atoms with Gasteiger partial charge in [0, 0.05) is 18.8 Å². The van der Waals surface area contributed by atoms with Crippen molar-refractivity contribution < 1.29 is 14.3 Å². The minimum Gasteiger partial charge on any atom is -0.497 e. The van der Waals surface area contributed by atoms with Crippen LogP contribution in [0.4, 0.5) is 5.69 Å². The minimum absolute atomic E-state index is 0.165. The summed E-state index contributed by atoms with van der Waals surface area (Å²) in [5, 5.41) is 11.8. The molecule has 0 spiro atoms. The second-order valence-electron chi connectivity index (χ2n) is 7.20. The van der Waals surface area contributed by atoms with Gasteiger partial charge in [0.05, 0.1) is 19.8 Å². The summed E-state index contributed by atoms with van der Waals surface area (Å²) in [6.45, 7) is 0. The lowest BCUT2D eigenvalue weighted by Gasteiger charge is -2.17. The normalized spacial score (nSPS) is 11.6. The van der Waals surface area contributed by atoms with Crippen LogP contribution < -0.4 is 14.8 Å². The summed E-state index contributed by atoms with van der Waals surface area (Å²) in [6, 6.07) is 24.5. The maximum Gasteiger partial charge on any atom is 0.242 e. The summed E-state index contributed by atoms with van der Waals surface area (Å²) in [6.07, 6.45) is 0. The highest BCUT2D eigenvalue weighted by Crippen LogP contribution is 2.37. The molecule has 1 atom stereocenters. The third-order valence-corrected chi connectivity index (χ3v) is 6.37. The van der Waals surface area contributed by atoms with Crippen LogP contribution in [0.2, 0.25) is 0 Å². The van der Waals surface area contributed by atoms with E-state index < -0.39 is 5.25 Å². The van der Waals surface area contributed by atoms with Crippen LogP contribution in [0.5, 0.6) is 11.5 Å². The standard InChI is InChI=1S/C25H24N4O3S/c1-29-23(20-14-7-8-15-21(20)32-3)27-28-25(29)33-22(17-10-5-4-6-11-17)24(30)26-18-12-9-13-19(16-18)31-2/h4-16,22H,1-3H3,(H,26,30)/t22-/m0/s1. The average Bonchev–Trinajstić information content (AvgIpc) is 3.22. The largest absolute Gasteiger partial charge is 0.497 e. The summed E-state index contributed by atoms with van der Waals surface area (Å²) in [5.41, 5.74) is 2.36. The minimum atomic E-state index is -0.536. The molecule has 0 radical (unpaired) electrons. The monoisotopic (exact) mass is 460 g/mol. The number of amides is 1. The Kier molecular flexibility index (Phi) is 6.95. The maximum absolute atomic E-state index is 13.4. The van der Waals surface area contributed by atoms with E-state index in [4.69, 9.17) is 9.47 Å². The highest BCUT2D eigenvalue weighted by Gasteiger charge is 2.26. The molecule has 168 valence electrons. The van der Waals surface area contributed by atoms with Gasteiger partial charge in [-0.15, -0.1) is 10.2 Å². The molecule has 1 amide bonds. The Morgan fingerprint density at radius 1 is 0.939 bits per heavy atom. The smallest absolute Gasteiger partial charge is 0.242 e. The van der Waals surface area contributed by atoms with Gasteiger partial charge < -0.3 is 19.4 Å². The second kappa shape index (κ2) is 10.2. The lowest BCUT2D eigenvalue weighted by atomic mass is 10.1. The topological polar surface area (TPSA) is 78.3 Å². The van der Waals surface area contributed by atoms with E-state index in [0.29, 0.717) is 28.2 Å². The van der Waals surface area contributed by atoms with Crippen molar-refractivity contribution in [3.05, 3.63) is 84.4 Å². The molecule has 1 N–H and O–H groups in total. The number of rotatable bonds is 8. The third-order valence-electron chi connectivity index (χ3n) is 5.08. The zero-order valence-corrected chi connectivity index (χ0v) is 19.4. The molecule has 0 aliphatic rings. The van der Waals surface area contributed by atoms with Crippen molar-refractivity contribution in [3.8, 4) is 22.9 Å². The zero-order chi connectivity index (χ0) is 23.2. The first-order valence-electron chi connectivity index (χ1n) is 10.3. The molecule has 0 aliphatic carbocycles. The first-order chi connectivity index (χ1) is 16.1. The first kappa shape index (κ1) is 22.4. The number of methoxy groups -OCH3 is 2. The lowest BCUT2D eigenvalue weighted by molar-refractivity contribution is -0.115.